The first-order valence-electron chi connectivity index (χ1n) is 9.50. The normalized spacial score (nSPS) is 14.2. The molecule has 4 nitrogen and oxygen atoms in total. The zero-order valence-electron chi connectivity index (χ0n) is 15.4. The van der Waals surface area contributed by atoms with Crippen LogP contribution in [0.15, 0.2) is 48.5 Å². The predicted molar refractivity (Wildman–Crippen MR) is 103 cm³/mol. The van der Waals surface area contributed by atoms with Gasteiger partial charge in [0.1, 0.15) is 18.1 Å². The van der Waals surface area contributed by atoms with Crippen molar-refractivity contribution in [1.29, 1.82) is 0 Å². The van der Waals surface area contributed by atoms with Crippen LogP contribution in [0.25, 0.3) is 0 Å². The maximum Gasteiger partial charge on any atom is 0.261 e. The molecule has 1 aliphatic carbocycles. The van der Waals surface area contributed by atoms with Crippen molar-refractivity contribution in [3.05, 3.63) is 59.7 Å². The van der Waals surface area contributed by atoms with Gasteiger partial charge in [0, 0.05) is 0 Å². The van der Waals surface area contributed by atoms with Crippen LogP contribution in [0, 0.1) is 0 Å². The minimum Gasteiger partial charge on any atom is -0.492 e. The van der Waals surface area contributed by atoms with Crippen LogP contribution < -0.4 is 14.8 Å². The van der Waals surface area contributed by atoms with E-state index in [2.05, 4.69) is 17.4 Å². The van der Waals surface area contributed by atoms with Gasteiger partial charge in [-0.1, -0.05) is 31.2 Å². The summed E-state index contributed by atoms with van der Waals surface area (Å²) in [5.41, 5.74) is 2.78. The number of ether oxygens (including phenoxy) is 2. The first-order valence-corrected chi connectivity index (χ1v) is 9.50. The Morgan fingerprint density at radius 2 is 1.81 bits per heavy atom. The first kappa shape index (κ1) is 18.3. The molecule has 2 aromatic rings. The quantitative estimate of drug-likeness (QED) is 0.732. The number of hydrogen-bond acceptors (Lipinski definition) is 3. The number of nitrogens with one attached hydrogen (secondary N) is 1. The summed E-state index contributed by atoms with van der Waals surface area (Å²) in [6, 6.07) is 15.8. The van der Waals surface area contributed by atoms with Crippen molar-refractivity contribution in [2.45, 2.75) is 45.1 Å². The van der Waals surface area contributed by atoms with Gasteiger partial charge >= 0.3 is 0 Å². The molecule has 2 aromatic carbocycles. The Morgan fingerprint density at radius 1 is 1.04 bits per heavy atom. The Bertz CT molecular complexity index is 715. The molecule has 0 fully saturated rings. The van der Waals surface area contributed by atoms with E-state index in [1.165, 1.54) is 24.0 Å². The number of benzene rings is 2. The molecule has 3 rings (SSSR count). The van der Waals surface area contributed by atoms with Gasteiger partial charge in [0.15, 0.2) is 6.10 Å². The van der Waals surface area contributed by atoms with E-state index >= 15 is 0 Å². The van der Waals surface area contributed by atoms with E-state index < -0.39 is 6.10 Å². The fraction of sp³-hybridized carbons (Fsp3) is 0.409. The number of amides is 1. The van der Waals surface area contributed by atoms with Crippen molar-refractivity contribution in [2.75, 3.05) is 13.2 Å². The standard InChI is InChI=1S/C22H27NO3/c1-2-21(22(24)23-14-15-25-19-10-4-3-5-11-19)26-20-13-12-17-8-6-7-9-18(17)16-20/h3-5,10-13,16,21H,2,6-9,14-15H2,1H3,(H,23,24)/t21-/m1/s1. The van der Waals surface area contributed by atoms with Crippen LogP contribution in [-0.2, 0) is 17.6 Å². The first-order chi connectivity index (χ1) is 12.8. The van der Waals surface area contributed by atoms with E-state index in [9.17, 15) is 4.79 Å². The molecule has 26 heavy (non-hydrogen) atoms. The van der Waals surface area contributed by atoms with Crippen LogP contribution >= 0.6 is 0 Å². The van der Waals surface area contributed by atoms with Gasteiger partial charge in [0.25, 0.3) is 5.91 Å². The SMILES string of the molecule is CC[C@@H](Oc1ccc2c(c1)CCCC2)C(=O)NCCOc1ccccc1. The lowest BCUT2D eigenvalue weighted by Crippen LogP contribution is -2.39. The largest absolute Gasteiger partial charge is 0.492 e. The summed E-state index contributed by atoms with van der Waals surface area (Å²) in [5, 5.41) is 2.90. The molecule has 0 heterocycles. The zero-order chi connectivity index (χ0) is 18.2. The molecular weight excluding hydrogens is 326 g/mol. The van der Waals surface area contributed by atoms with E-state index in [4.69, 9.17) is 9.47 Å². The molecule has 0 saturated carbocycles. The summed E-state index contributed by atoms with van der Waals surface area (Å²) in [7, 11) is 0. The molecule has 0 unspecified atom stereocenters. The van der Waals surface area contributed by atoms with Crippen LogP contribution in [0.2, 0.25) is 0 Å². The molecule has 1 amide bonds. The Labute approximate surface area is 155 Å². The lowest BCUT2D eigenvalue weighted by molar-refractivity contribution is -0.128. The van der Waals surface area contributed by atoms with Gasteiger partial charge in [-0.2, -0.15) is 0 Å². The van der Waals surface area contributed by atoms with E-state index in [1.807, 2.05) is 43.3 Å². The van der Waals surface area contributed by atoms with Crippen LogP contribution in [0.5, 0.6) is 11.5 Å². The Balaban J connectivity index is 1.47. The van der Waals surface area contributed by atoms with Crippen molar-refractivity contribution in [3.8, 4) is 11.5 Å². The smallest absolute Gasteiger partial charge is 0.261 e. The molecule has 0 saturated heterocycles. The zero-order valence-corrected chi connectivity index (χ0v) is 15.4. The lowest BCUT2D eigenvalue weighted by Gasteiger charge is -2.20. The van der Waals surface area contributed by atoms with Crippen molar-refractivity contribution in [2.24, 2.45) is 0 Å². The van der Waals surface area contributed by atoms with Crippen LogP contribution in [0.3, 0.4) is 0 Å². The monoisotopic (exact) mass is 353 g/mol. The summed E-state index contributed by atoms with van der Waals surface area (Å²) in [6.45, 7) is 2.85. The third-order valence-corrected chi connectivity index (χ3v) is 4.67. The van der Waals surface area contributed by atoms with Crippen LogP contribution in [0.1, 0.15) is 37.3 Å². The molecule has 1 aliphatic rings. The van der Waals surface area contributed by atoms with Gasteiger partial charge in [0.2, 0.25) is 0 Å². The number of fused-ring (bicyclic) bond motifs is 1. The summed E-state index contributed by atoms with van der Waals surface area (Å²) in [5.74, 6) is 1.49. The van der Waals surface area contributed by atoms with E-state index in [-0.39, 0.29) is 5.91 Å². The van der Waals surface area contributed by atoms with Gasteiger partial charge < -0.3 is 14.8 Å². The van der Waals surface area contributed by atoms with Crippen LogP contribution in [0.4, 0.5) is 0 Å². The molecule has 0 spiro atoms. The van der Waals surface area contributed by atoms with Crippen molar-refractivity contribution in [1.82, 2.24) is 5.32 Å². The molecular formula is C22H27NO3. The highest BCUT2D eigenvalue weighted by Crippen LogP contribution is 2.26. The molecule has 138 valence electrons. The second-order valence-electron chi connectivity index (χ2n) is 6.60. The Morgan fingerprint density at radius 3 is 2.58 bits per heavy atom. The second kappa shape index (κ2) is 9.27. The van der Waals surface area contributed by atoms with E-state index in [1.54, 1.807) is 0 Å². The van der Waals surface area contributed by atoms with Gasteiger partial charge in [-0.05, 0) is 67.5 Å². The fourth-order valence-corrected chi connectivity index (χ4v) is 3.24. The van der Waals surface area contributed by atoms with Gasteiger partial charge in [0.05, 0.1) is 6.54 Å². The molecule has 0 aromatic heterocycles. The van der Waals surface area contributed by atoms with E-state index in [0.717, 1.165) is 24.3 Å². The molecule has 0 radical (unpaired) electrons. The number of rotatable bonds is 8. The van der Waals surface area contributed by atoms with Gasteiger partial charge in [-0.3, -0.25) is 4.79 Å². The maximum absolute atomic E-state index is 12.4. The van der Waals surface area contributed by atoms with E-state index in [0.29, 0.717) is 19.6 Å². The maximum atomic E-state index is 12.4. The summed E-state index contributed by atoms with van der Waals surface area (Å²) < 4.78 is 11.5. The highest BCUT2D eigenvalue weighted by Gasteiger charge is 2.19. The Kier molecular flexibility index (Phi) is 6.53. The third kappa shape index (κ3) is 5.01. The highest BCUT2D eigenvalue weighted by atomic mass is 16.5. The fourth-order valence-electron chi connectivity index (χ4n) is 3.24. The third-order valence-electron chi connectivity index (χ3n) is 4.67. The molecule has 1 atom stereocenters. The second-order valence-corrected chi connectivity index (χ2v) is 6.60. The Hall–Kier alpha value is -2.49. The van der Waals surface area contributed by atoms with Gasteiger partial charge in [-0.25, -0.2) is 0 Å². The predicted octanol–water partition coefficient (Wildman–Crippen LogP) is 3.92. The van der Waals surface area contributed by atoms with Crippen molar-refractivity contribution < 1.29 is 14.3 Å². The number of aryl methyl sites for hydroxylation is 2. The summed E-state index contributed by atoms with van der Waals surface area (Å²) in [4.78, 5) is 12.4. The number of para-hydroxylation sites is 1. The van der Waals surface area contributed by atoms with Crippen LogP contribution in [-0.4, -0.2) is 25.2 Å². The molecule has 0 aliphatic heterocycles. The number of carbonyl (C=O) groups is 1. The molecule has 0 bridgehead atoms. The molecule has 4 heteroatoms. The summed E-state index contributed by atoms with van der Waals surface area (Å²) >= 11 is 0. The highest BCUT2D eigenvalue weighted by molar-refractivity contribution is 5.81. The lowest BCUT2D eigenvalue weighted by atomic mass is 9.92. The summed E-state index contributed by atoms with van der Waals surface area (Å²) in [6.07, 6.45) is 4.89. The van der Waals surface area contributed by atoms with Crippen molar-refractivity contribution >= 4 is 5.91 Å². The molecule has 1 N–H and O–H groups in total. The average Bonchev–Trinajstić information content (AvgIpc) is 2.70. The topological polar surface area (TPSA) is 47.6 Å². The van der Waals surface area contributed by atoms with Crippen molar-refractivity contribution in [3.63, 3.8) is 0 Å². The average molecular weight is 353 g/mol. The minimum atomic E-state index is -0.478. The number of carbonyl (C=O) groups excluding carboxylic acids is 1. The number of hydrogen-bond donors (Lipinski definition) is 1. The van der Waals surface area contributed by atoms with Gasteiger partial charge in [-0.15, -0.1) is 0 Å². The minimum absolute atomic E-state index is 0.0955.